The molecule has 0 saturated heterocycles. The highest BCUT2D eigenvalue weighted by Crippen LogP contribution is 2.29. The van der Waals surface area contributed by atoms with Gasteiger partial charge in [-0.25, -0.2) is 13.4 Å². The Morgan fingerprint density at radius 2 is 1.79 bits per heavy atom. The summed E-state index contributed by atoms with van der Waals surface area (Å²) in [5.74, 6) is 0.400. The zero-order chi connectivity index (χ0) is 17.0. The maximum Gasteiger partial charge on any atom is 0.273 e. The smallest absolute Gasteiger partial charge is 0.273 e. The highest BCUT2D eigenvalue weighted by atomic mass is 32.2. The fourth-order valence-electron chi connectivity index (χ4n) is 2.36. The molecule has 0 radical (unpaired) electrons. The molecule has 7 heteroatoms. The molecule has 3 rings (SSSR count). The van der Waals surface area contributed by atoms with Crippen LogP contribution in [0.15, 0.2) is 71.9 Å². The molecule has 0 unspecified atom stereocenters. The van der Waals surface area contributed by atoms with E-state index in [9.17, 15) is 13.7 Å². The second-order valence-corrected chi connectivity index (χ2v) is 6.84. The van der Waals surface area contributed by atoms with Crippen LogP contribution in [0.2, 0.25) is 0 Å². The van der Waals surface area contributed by atoms with Gasteiger partial charge < -0.3 is 4.98 Å². The lowest BCUT2D eigenvalue weighted by Gasteiger charge is -2.17. The Morgan fingerprint density at radius 1 is 1.08 bits per heavy atom. The van der Waals surface area contributed by atoms with Crippen molar-refractivity contribution in [2.24, 2.45) is 0 Å². The van der Waals surface area contributed by atoms with Crippen LogP contribution < -0.4 is 0 Å². The molecule has 0 spiro atoms. The van der Waals surface area contributed by atoms with Crippen molar-refractivity contribution in [3.05, 3.63) is 72.8 Å². The number of sulfonamides is 1. The number of benzene rings is 2. The fraction of sp³-hybridized carbons (Fsp3) is 0.0588. The predicted octanol–water partition coefficient (Wildman–Crippen LogP) is 2.75. The van der Waals surface area contributed by atoms with Gasteiger partial charge in [-0.1, -0.05) is 48.5 Å². The molecule has 1 N–H and O–H groups in total. The summed E-state index contributed by atoms with van der Waals surface area (Å²) in [5, 5.41) is 9.34. The van der Waals surface area contributed by atoms with E-state index in [1.165, 1.54) is 12.3 Å². The number of imidazole rings is 1. The van der Waals surface area contributed by atoms with Gasteiger partial charge in [-0.3, -0.25) is 0 Å². The predicted molar refractivity (Wildman–Crippen MR) is 88.8 cm³/mol. The van der Waals surface area contributed by atoms with Crippen LogP contribution in [0.5, 0.6) is 0 Å². The lowest BCUT2D eigenvalue weighted by molar-refractivity contribution is 0.497. The first-order valence-electron chi connectivity index (χ1n) is 7.18. The van der Waals surface area contributed by atoms with Gasteiger partial charge in [0.15, 0.2) is 6.19 Å². The van der Waals surface area contributed by atoms with E-state index in [0.717, 1.165) is 9.87 Å². The molecular weight excluding hydrogens is 324 g/mol. The molecule has 2 aromatic carbocycles. The van der Waals surface area contributed by atoms with E-state index < -0.39 is 10.0 Å². The molecule has 0 aliphatic rings. The Bertz CT molecular complexity index is 961. The summed E-state index contributed by atoms with van der Waals surface area (Å²) in [5.41, 5.74) is 1.32. The number of hydrogen-bond acceptors (Lipinski definition) is 4. The lowest BCUT2D eigenvalue weighted by Crippen LogP contribution is -2.27. The zero-order valence-electron chi connectivity index (χ0n) is 12.6. The van der Waals surface area contributed by atoms with Gasteiger partial charge in [0, 0.05) is 18.0 Å². The van der Waals surface area contributed by atoms with Gasteiger partial charge in [-0.15, -0.1) is 0 Å². The summed E-state index contributed by atoms with van der Waals surface area (Å²) < 4.78 is 26.6. The van der Waals surface area contributed by atoms with Gasteiger partial charge in [-0.05, 0) is 11.6 Å². The summed E-state index contributed by atoms with van der Waals surface area (Å²) in [7, 11) is -3.99. The quantitative estimate of drug-likeness (QED) is 0.572. The zero-order valence-corrected chi connectivity index (χ0v) is 13.4. The number of aromatic amines is 1. The molecule has 0 aliphatic heterocycles. The number of nitrogens with zero attached hydrogens (tertiary/aromatic N) is 3. The van der Waals surface area contributed by atoms with Crippen molar-refractivity contribution in [3.8, 4) is 17.3 Å². The van der Waals surface area contributed by atoms with Crippen molar-refractivity contribution >= 4 is 10.0 Å². The first kappa shape index (κ1) is 15.8. The van der Waals surface area contributed by atoms with Crippen molar-refractivity contribution in [1.82, 2.24) is 14.3 Å². The second-order valence-electron chi connectivity index (χ2n) is 5.01. The van der Waals surface area contributed by atoms with Gasteiger partial charge >= 0.3 is 0 Å². The van der Waals surface area contributed by atoms with E-state index >= 15 is 0 Å². The minimum atomic E-state index is -3.99. The van der Waals surface area contributed by atoms with Crippen molar-refractivity contribution in [2.45, 2.75) is 11.4 Å². The molecule has 1 heterocycles. The molecule has 0 atom stereocenters. The molecule has 3 aromatic rings. The summed E-state index contributed by atoms with van der Waals surface area (Å²) >= 11 is 0. The molecule has 0 saturated carbocycles. The minimum Gasteiger partial charge on any atom is -0.347 e. The van der Waals surface area contributed by atoms with Crippen molar-refractivity contribution < 1.29 is 8.42 Å². The van der Waals surface area contributed by atoms with Crippen molar-refractivity contribution in [1.29, 1.82) is 5.26 Å². The van der Waals surface area contributed by atoms with E-state index in [0.29, 0.717) is 11.4 Å². The third-order valence-electron chi connectivity index (χ3n) is 3.50. The molecular formula is C17H14N4O2S. The summed E-state index contributed by atoms with van der Waals surface area (Å²) in [6.07, 6.45) is 4.83. The highest BCUT2D eigenvalue weighted by Gasteiger charge is 2.27. The van der Waals surface area contributed by atoms with Crippen LogP contribution in [0.4, 0.5) is 0 Å². The van der Waals surface area contributed by atoms with Crippen molar-refractivity contribution in [2.75, 3.05) is 0 Å². The van der Waals surface area contributed by atoms with Crippen LogP contribution in [-0.4, -0.2) is 22.7 Å². The van der Waals surface area contributed by atoms with E-state index in [1.807, 2.05) is 30.3 Å². The van der Waals surface area contributed by atoms with Gasteiger partial charge in [0.1, 0.15) is 12.4 Å². The number of nitriles is 1. The van der Waals surface area contributed by atoms with E-state index in [4.69, 9.17) is 0 Å². The normalized spacial score (nSPS) is 11.0. The summed E-state index contributed by atoms with van der Waals surface area (Å²) in [6.45, 7) is -0.144. The standard InChI is InChI=1S/C17H14N4O2S/c18-13-21(12-17-19-10-11-20-17)24(22,23)16-9-5-4-8-15(16)14-6-2-1-3-7-14/h1-11H,12H2,(H,19,20). The third kappa shape index (κ3) is 3.00. The molecule has 0 amide bonds. The Kier molecular flexibility index (Phi) is 4.31. The topological polar surface area (TPSA) is 89.8 Å². The first-order chi connectivity index (χ1) is 11.6. The Balaban J connectivity index is 2.06. The van der Waals surface area contributed by atoms with E-state index in [-0.39, 0.29) is 11.4 Å². The molecule has 120 valence electrons. The lowest BCUT2D eigenvalue weighted by atomic mass is 10.1. The molecule has 6 nitrogen and oxygen atoms in total. The number of rotatable bonds is 5. The Morgan fingerprint density at radius 3 is 2.46 bits per heavy atom. The van der Waals surface area contributed by atoms with Crippen LogP contribution in [-0.2, 0) is 16.6 Å². The Labute approximate surface area is 140 Å². The van der Waals surface area contributed by atoms with E-state index in [1.54, 1.807) is 30.6 Å². The number of H-pyrrole nitrogens is 1. The van der Waals surface area contributed by atoms with Crippen LogP contribution in [0, 0.1) is 11.5 Å². The van der Waals surface area contributed by atoms with Crippen LogP contribution in [0.25, 0.3) is 11.1 Å². The third-order valence-corrected chi connectivity index (χ3v) is 5.20. The van der Waals surface area contributed by atoms with Gasteiger partial charge in [-0.2, -0.15) is 9.57 Å². The van der Waals surface area contributed by atoms with Crippen LogP contribution >= 0.6 is 0 Å². The number of aromatic nitrogens is 2. The maximum atomic E-state index is 12.9. The fourth-order valence-corrected chi connectivity index (χ4v) is 3.71. The second kappa shape index (κ2) is 6.56. The SMILES string of the molecule is N#CN(Cc1ncc[nH]1)S(=O)(=O)c1ccccc1-c1ccccc1. The first-order valence-corrected chi connectivity index (χ1v) is 8.62. The average Bonchev–Trinajstić information content (AvgIpc) is 3.13. The Hall–Kier alpha value is -3.11. The molecule has 1 aromatic heterocycles. The molecule has 0 aliphatic carbocycles. The van der Waals surface area contributed by atoms with Crippen molar-refractivity contribution in [3.63, 3.8) is 0 Å². The molecule has 0 fully saturated rings. The van der Waals surface area contributed by atoms with Crippen LogP contribution in [0.1, 0.15) is 5.82 Å². The van der Waals surface area contributed by atoms with Gasteiger partial charge in [0.2, 0.25) is 0 Å². The molecule has 24 heavy (non-hydrogen) atoms. The van der Waals surface area contributed by atoms with Gasteiger partial charge in [0.05, 0.1) is 4.90 Å². The summed E-state index contributed by atoms with van der Waals surface area (Å²) in [4.78, 5) is 6.87. The van der Waals surface area contributed by atoms with Crippen LogP contribution in [0.3, 0.4) is 0 Å². The monoisotopic (exact) mass is 338 g/mol. The summed E-state index contributed by atoms with van der Waals surface area (Å²) in [6, 6.07) is 15.8. The minimum absolute atomic E-state index is 0.0873. The number of hydrogen-bond donors (Lipinski definition) is 1. The number of nitrogens with one attached hydrogen (secondary N) is 1. The largest absolute Gasteiger partial charge is 0.347 e. The maximum absolute atomic E-state index is 12.9. The highest BCUT2D eigenvalue weighted by molar-refractivity contribution is 7.89. The molecule has 0 bridgehead atoms. The average molecular weight is 338 g/mol. The van der Waals surface area contributed by atoms with Gasteiger partial charge in [0.25, 0.3) is 10.0 Å². The van der Waals surface area contributed by atoms with E-state index in [2.05, 4.69) is 9.97 Å².